The molecule has 0 bridgehead atoms. The SMILES string of the molecule is CCCOc1ccccc1/C(=C\SC)n1ccnc1. The number of hydrogen-bond donors (Lipinski definition) is 0. The van der Waals surface area contributed by atoms with Crippen LogP contribution in [0.25, 0.3) is 5.70 Å². The lowest BCUT2D eigenvalue weighted by Crippen LogP contribution is -2.02. The van der Waals surface area contributed by atoms with Crippen molar-refractivity contribution in [2.75, 3.05) is 12.9 Å². The summed E-state index contributed by atoms with van der Waals surface area (Å²) in [6.07, 6.45) is 8.58. The predicted octanol–water partition coefficient (Wildman–Crippen LogP) is 3.88. The Kier molecular flexibility index (Phi) is 5.10. The summed E-state index contributed by atoms with van der Waals surface area (Å²) in [6.45, 7) is 2.84. The average molecular weight is 274 g/mol. The minimum Gasteiger partial charge on any atom is -0.493 e. The Hall–Kier alpha value is -1.68. The summed E-state index contributed by atoms with van der Waals surface area (Å²) in [7, 11) is 0. The molecule has 100 valence electrons. The van der Waals surface area contributed by atoms with Gasteiger partial charge in [-0.25, -0.2) is 4.98 Å². The molecule has 1 aromatic heterocycles. The van der Waals surface area contributed by atoms with Gasteiger partial charge in [0.15, 0.2) is 0 Å². The van der Waals surface area contributed by atoms with Crippen molar-refractivity contribution in [3.63, 3.8) is 0 Å². The summed E-state index contributed by atoms with van der Waals surface area (Å²) in [5, 5.41) is 2.11. The van der Waals surface area contributed by atoms with Gasteiger partial charge in [0.25, 0.3) is 0 Å². The van der Waals surface area contributed by atoms with E-state index in [2.05, 4.69) is 23.4 Å². The van der Waals surface area contributed by atoms with Gasteiger partial charge < -0.3 is 9.30 Å². The normalized spacial score (nSPS) is 11.6. The number of rotatable bonds is 6. The summed E-state index contributed by atoms with van der Waals surface area (Å²) >= 11 is 1.67. The molecule has 3 nitrogen and oxygen atoms in total. The number of nitrogens with zero attached hydrogens (tertiary/aromatic N) is 2. The highest BCUT2D eigenvalue weighted by atomic mass is 32.2. The molecule has 2 aromatic rings. The molecule has 0 unspecified atom stereocenters. The van der Waals surface area contributed by atoms with Crippen molar-refractivity contribution in [3.8, 4) is 5.75 Å². The smallest absolute Gasteiger partial charge is 0.128 e. The van der Waals surface area contributed by atoms with E-state index in [0.717, 1.165) is 30.0 Å². The van der Waals surface area contributed by atoms with E-state index in [1.165, 1.54) is 0 Å². The van der Waals surface area contributed by atoms with E-state index < -0.39 is 0 Å². The Morgan fingerprint density at radius 3 is 2.95 bits per heavy atom. The molecule has 19 heavy (non-hydrogen) atoms. The molecule has 0 saturated carbocycles. The molecule has 0 spiro atoms. The highest BCUT2D eigenvalue weighted by molar-refractivity contribution is 8.01. The fourth-order valence-corrected chi connectivity index (χ4v) is 2.26. The van der Waals surface area contributed by atoms with Crippen molar-refractivity contribution in [1.82, 2.24) is 9.55 Å². The molecule has 0 fully saturated rings. The van der Waals surface area contributed by atoms with Crippen LogP contribution in [0.4, 0.5) is 0 Å². The van der Waals surface area contributed by atoms with Crippen molar-refractivity contribution >= 4 is 17.5 Å². The second kappa shape index (κ2) is 7.04. The zero-order valence-corrected chi connectivity index (χ0v) is 12.1. The van der Waals surface area contributed by atoms with Gasteiger partial charge in [0, 0.05) is 18.0 Å². The van der Waals surface area contributed by atoms with E-state index in [-0.39, 0.29) is 0 Å². The minimum atomic E-state index is 0.730. The molecule has 0 aliphatic heterocycles. The summed E-state index contributed by atoms with van der Waals surface area (Å²) in [5.41, 5.74) is 2.17. The maximum Gasteiger partial charge on any atom is 0.128 e. The van der Waals surface area contributed by atoms with Gasteiger partial charge in [-0.2, -0.15) is 0 Å². The first-order valence-electron chi connectivity index (χ1n) is 6.30. The van der Waals surface area contributed by atoms with Gasteiger partial charge in [0.05, 0.1) is 18.6 Å². The third-order valence-corrected chi connectivity index (χ3v) is 3.10. The zero-order chi connectivity index (χ0) is 13.5. The van der Waals surface area contributed by atoms with Crippen LogP contribution in [0.5, 0.6) is 5.75 Å². The number of hydrogen-bond acceptors (Lipinski definition) is 3. The summed E-state index contributed by atoms with van der Waals surface area (Å²) < 4.78 is 7.83. The second-order valence-corrected chi connectivity index (χ2v) is 4.76. The van der Waals surface area contributed by atoms with Crippen LogP contribution in [-0.4, -0.2) is 22.4 Å². The number of aromatic nitrogens is 2. The lowest BCUT2D eigenvalue weighted by molar-refractivity contribution is 0.316. The van der Waals surface area contributed by atoms with Crippen molar-refractivity contribution in [1.29, 1.82) is 0 Å². The Balaban J connectivity index is 2.40. The van der Waals surface area contributed by atoms with Crippen LogP contribution >= 0.6 is 11.8 Å². The van der Waals surface area contributed by atoms with E-state index in [1.54, 1.807) is 24.3 Å². The van der Waals surface area contributed by atoms with E-state index >= 15 is 0 Å². The van der Waals surface area contributed by atoms with Crippen LogP contribution < -0.4 is 4.74 Å². The fraction of sp³-hybridized carbons (Fsp3) is 0.267. The molecule has 0 aliphatic rings. The van der Waals surface area contributed by atoms with Gasteiger partial charge in [0.1, 0.15) is 5.75 Å². The molecule has 0 atom stereocenters. The first kappa shape index (κ1) is 13.7. The third kappa shape index (κ3) is 3.41. The maximum absolute atomic E-state index is 5.83. The van der Waals surface area contributed by atoms with E-state index in [9.17, 15) is 0 Å². The summed E-state index contributed by atoms with van der Waals surface area (Å²) in [5.74, 6) is 0.915. The van der Waals surface area contributed by atoms with Crippen LogP contribution in [0.2, 0.25) is 0 Å². The van der Waals surface area contributed by atoms with Gasteiger partial charge in [-0.05, 0) is 30.2 Å². The highest BCUT2D eigenvalue weighted by Crippen LogP contribution is 2.28. The molecule has 0 radical (unpaired) electrons. The van der Waals surface area contributed by atoms with E-state index in [1.807, 2.05) is 35.2 Å². The Labute approximate surface area is 118 Å². The second-order valence-electron chi connectivity index (χ2n) is 4.05. The predicted molar refractivity (Wildman–Crippen MR) is 81.3 cm³/mol. The van der Waals surface area contributed by atoms with Crippen molar-refractivity contribution in [2.45, 2.75) is 13.3 Å². The minimum absolute atomic E-state index is 0.730. The highest BCUT2D eigenvalue weighted by Gasteiger charge is 2.09. The Morgan fingerprint density at radius 2 is 2.26 bits per heavy atom. The topological polar surface area (TPSA) is 27.1 Å². The molecule has 1 heterocycles. The van der Waals surface area contributed by atoms with Gasteiger partial charge in [-0.15, -0.1) is 11.8 Å². The molecule has 0 amide bonds. The molecule has 0 aliphatic carbocycles. The van der Waals surface area contributed by atoms with Crippen LogP contribution in [0.3, 0.4) is 0 Å². The summed E-state index contributed by atoms with van der Waals surface area (Å²) in [4.78, 5) is 4.11. The van der Waals surface area contributed by atoms with Crippen LogP contribution in [0, 0.1) is 0 Å². The number of benzene rings is 1. The molecule has 2 rings (SSSR count). The molecule has 1 aromatic carbocycles. The van der Waals surface area contributed by atoms with Crippen LogP contribution in [0.15, 0.2) is 48.4 Å². The quantitative estimate of drug-likeness (QED) is 0.800. The number of para-hydroxylation sites is 1. The van der Waals surface area contributed by atoms with Crippen LogP contribution in [-0.2, 0) is 0 Å². The lowest BCUT2D eigenvalue weighted by Gasteiger charge is -2.14. The third-order valence-electron chi connectivity index (χ3n) is 2.64. The summed E-state index contributed by atoms with van der Waals surface area (Å²) in [6, 6.07) is 8.11. The van der Waals surface area contributed by atoms with E-state index in [0.29, 0.717) is 0 Å². The molecule has 0 saturated heterocycles. The van der Waals surface area contributed by atoms with E-state index in [4.69, 9.17) is 4.74 Å². The van der Waals surface area contributed by atoms with Crippen molar-refractivity contribution < 1.29 is 4.74 Å². The van der Waals surface area contributed by atoms with Gasteiger partial charge in [-0.3, -0.25) is 0 Å². The Bertz CT molecular complexity index is 535. The van der Waals surface area contributed by atoms with Gasteiger partial charge in [0.2, 0.25) is 0 Å². The van der Waals surface area contributed by atoms with Crippen molar-refractivity contribution in [2.24, 2.45) is 0 Å². The molecule has 4 heteroatoms. The zero-order valence-electron chi connectivity index (χ0n) is 11.2. The molecular weight excluding hydrogens is 256 g/mol. The maximum atomic E-state index is 5.83. The fourth-order valence-electron chi connectivity index (χ4n) is 1.79. The molecular formula is C15H18N2OS. The number of imidazole rings is 1. The largest absolute Gasteiger partial charge is 0.493 e. The van der Waals surface area contributed by atoms with Gasteiger partial charge >= 0.3 is 0 Å². The van der Waals surface area contributed by atoms with Gasteiger partial charge in [-0.1, -0.05) is 19.1 Å². The first-order chi connectivity index (χ1) is 9.36. The Morgan fingerprint density at radius 1 is 1.42 bits per heavy atom. The molecule has 0 N–H and O–H groups in total. The number of thioether (sulfide) groups is 1. The monoisotopic (exact) mass is 274 g/mol. The van der Waals surface area contributed by atoms with Crippen LogP contribution in [0.1, 0.15) is 18.9 Å². The lowest BCUT2D eigenvalue weighted by atomic mass is 10.1. The standard InChI is InChI=1S/C15H18N2OS/c1-3-10-18-15-7-5-4-6-13(15)14(11-19-2)17-9-8-16-12-17/h4-9,11-12H,3,10H2,1-2H3/b14-11+. The number of ether oxygens (including phenoxy) is 1. The first-order valence-corrected chi connectivity index (χ1v) is 7.59. The van der Waals surface area contributed by atoms with Crippen molar-refractivity contribution in [3.05, 3.63) is 54.0 Å². The average Bonchev–Trinajstić information content (AvgIpc) is 2.97.